The van der Waals surface area contributed by atoms with E-state index in [9.17, 15) is 9.90 Å². The number of rotatable bonds is 4. The molecule has 1 amide bonds. The average molecular weight is 392 g/mol. The summed E-state index contributed by atoms with van der Waals surface area (Å²) in [6, 6.07) is 20.8. The van der Waals surface area contributed by atoms with Crippen molar-refractivity contribution in [3.63, 3.8) is 0 Å². The number of carbonyl (C=O) groups excluding carboxylic acids is 1. The Morgan fingerprint density at radius 1 is 0.931 bits per heavy atom. The Morgan fingerprint density at radius 2 is 1.59 bits per heavy atom. The van der Waals surface area contributed by atoms with Crippen molar-refractivity contribution in [3.8, 4) is 0 Å². The number of aliphatic hydroxyl groups excluding tert-OH is 1. The number of aliphatic hydroxyl groups is 1. The molecule has 2 aromatic carbocycles. The lowest BCUT2D eigenvalue weighted by Gasteiger charge is -2.61. The van der Waals surface area contributed by atoms with E-state index in [-0.39, 0.29) is 23.6 Å². The summed E-state index contributed by atoms with van der Waals surface area (Å²) in [6.45, 7) is 5.11. The summed E-state index contributed by atoms with van der Waals surface area (Å²) in [5.41, 5.74) is 2.38. The van der Waals surface area contributed by atoms with Gasteiger partial charge in [0.25, 0.3) is 0 Å². The van der Waals surface area contributed by atoms with Gasteiger partial charge in [-0.3, -0.25) is 14.6 Å². The van der Waals surface area contributed by atoms with Gasteiger partial charge in [-0.05, 0) is 17.5 Å². The number of amides is 1. The zero-order valence-corrected chi connectivity index (χ0v) is 16.8. The van der Waals surface area contributed by atoms with Gasteiger partial charge in [-0.2, -0.15) is 0 Å². The molecule has 3 aliphatic heterocycles. The van der Waals surface area contributed by atoms with Crippen molar-refractivity contribution in [2.75, 3.05) is 32.7 Å². The van der Waals surface area contributed by atoms with Gasteiger partial charge < -0.3 is 10.0 Å². The Hall–Kier alpha value is -2.21. The van der Waals surface area contributed by atoms with Crippen LogP contribution in [0.2, 0.25) is 0 Å². The largest absolute Gasteiger partial charge is 0.392 e. The highest BCUT2D eigenvalue weighted by molar-refractivity contribution is 5.79. The summed E-state index contributed by atoms with van der Waals surface area (Å²) < 4.78 is 0. The number of hydrogen-bond donors (Lipinski definition) is 1. The van der Waals surface area contributed by atoms with Gasteiger partial charge in [0.2, 0.25) is 5.91 Å². The molecular weight excluding hydrogens is 362 g/mol. The molecule has 0 bridgehead atoms. The van der Waals surface area contributed by atoms with Crippen LogP contribution in [0.1, 0.15) is 17.5 Å². The number of likely N-dealkylation sites (tertiary alicyclic amines) is 1. The number of piperazine rings is 1. The van der Waals surface area contributed by atoms with Gasteiger partial charge in [-0.1, -0.05) is 60.7 Å². The van der Waals surface area contributed by atoms with E-state index < -0.39 is 0 Å². The Kier molecular flexibility index (Phi) is 4.90. The van der Waals surface area contributed by atoms with Crippen molar-refractivity contribution in [2.45, 2.75) is 37.1 Å². The fraction of sp³-hybridized carbons (Fsp3) is 0.458. The second-order valence-corrected chi connectivity index (χ2v) is 8.99. The van der Waals surface area contributed by atoms with Crippen LogP contribution in [-0.2, 0) is 17.8 Å². The Labute approximate surface area is 172 Å². The van der Waals surface area contributed by atoms with Crippen LogP contribution in [0.15, 0.2) is 60.7 Å². The zero-order valence-electron chi connectivity index (χ0n) is 16.8. The van der Waals surface area contributed by atoms with E-state index in [1.807, 2.05) is 30.3 Å². The SMILES string of the molecule is O=C(Cc1ccccc1)N1C[C@H]2C[C@@H](O)CN2C2(CN(Cc3ccccc3)C2)C1. The standard InChI is InChI=1S/C24H29N3O2/c28-22-12-21-14-26(23(29)11-19-7-3-1-4-8-19)18-24(27(21)15-22)16-25(17-24)13-20-9-5-2-6-10-20/h1-10,21-22,28H,11-18H2/t21-,22-/m1/s1. The van der Waals surface area contributed by atoms with Crippen molar-refractivity contribution in [1.29, 1.82) is 0 Å². The van der Waals surface area contributed by atoms with Gasteiger partial charge in [-0.15, -0.1) is 0 Å². The lowest BCUT2D eigenvalue weighted by molar-refractivity contribution is -0.150. The Balaban J connectivity index is 1.29. The molecule has 1 spiro atoms. The minimum absolute atomic E-state index is 0.0124. The van der Waals surface area contributed by atoms with Crippen LogP contribution >= 0.6 is 0 Å². The Morgan fingerprint density at radius 3 is 2.28 bits per heavy atom. The maximum atomic E-state index is 13.1. The first-order valence-electron chi connectivity index (χ1n) is 10.6. The highest BCUT2D eigenvalue weighted by Gasteiger charge is 2.56. The van der Waals surface area contributed by atoms with Gasteiger partial charge in [-0.25, -0.2) is 0 Å². The highest BCUT2D eigenvalue weighted by Crippen LogP contribution is 2.39. The van der Waals surface area contributed by atoms with E-state index in [0.29, 0.717) is 6.42 Å². The molecule has 3 fully saturated rings. The van der Waals surface area contributed by atoms with Gasteiger partial charge in [0.1, 0.15) is 0 Å². The first-order valence-corrected chi connectivity index (χ1v) is 10.6. The average Bonchev–Trinajstić information content (AvgIpc) is 3.09. The van der Waals surface area contributed by atoms with Crippen molar-refractivity contribution in [1.82, 2.24) is 14.7 Å². The number of β-amino-alcohol motifs (C(OH)–C–C–N with tert-alkyl or cyclic N) is 1. The number of fused-ring (bicyclic) bond motifs is 2. The Bertz CT molecular complexity index is 851. The van der Waals surface area contributed by atoms with E-state index in [1.165, 1.54) is 5.56 Å². The molecule has 5 heteroatoms. The van der Waals surface area contributed by atoms with E-state index in [0.717, 1.165) is 51.3 Å². The summed E-state index contributed by atoms with van der Waals surface area (Å²) in [7, 11) is 0. The lowest BCUT2D eigenvalue weighted by Crippen LogP contribution is -2.78. The van der Waals surface area contributed by atoms with Crippen molar-refractivity contribution in [3.05, 3.63) is 71.8 Å². The minimum atomic E-state index is -0.274. The van der Waals surface area contributed by atoms with Crippen LogP contribution in [0.25, 0.3) is 0 Å². The summed E-state index contributed by atoms with van der Waals surface area (Å²) >= 11 is 0. The molecule has 29 heavy (non-hydrogen) atoms. The van der Waals surface area contributed by atoms with Gasteiger partial charge in [0.15, 0.2) is 0 Å². The molecule has 5 rings (SSSR count). The number of benzene rings is 2. The van der Waals surface area contributed by atoms with Gasteiger partial charge in [0, 0.05) is 45.3 Å². The molecule has 0 saturated carbocycles. The van der Waals surface area contributed by atoms with Crippen molar-refractivity contribution in [2.24, 2.45) is 0 Å². The third-order valence-electron chi connectivity index (χ3n) is 6.75. The third-order valence-corrected chi connectivity index (χ3v) is 6.75. The molecule has 5 nitrogen and oxygen atoms in total. The minimum Gasteiger partial charge on any atom is -0.392 e. The maximum absolute atomic E-state index is 13.1. The first-order chi connectivity index (χ1) is 14.1. The normalized spacial score (nSPS) is 26.3. The molecule has 152 valence electrons. The van der Waals surface area contributed by atoms with E-state index in [1.54, 1.807) is 0 Å². The molecule has 0 unspecified atom stereocenters. The van der Waals surface area contributed by atoms with Crippen LogP contribution in [0.4, 0.5) is 0 Å². The fourth-order valence-corrected chi connectivity index (χ4v) is 5.50. The van der Waals surface area contributed by atoms with Crippen LogP contribution in [0.5, 0.6) is 0 Å². The summed E-state index contributed by atoms with van der Waals surface area (Å²) in [5, 5.41) is 10.3. The monoisotopic (exact) mass is 391 g/mol. The topological polar surface area (TPSA) is 47.0 Å². The smallest absolute Gasteiger partial charge is 0.227 e. The highest BCUT2D eigenvalue weighted by atomic mass is 16.3. The lowest BCUT2D eigenvalue weighted by atomic mass is 9.83. The predicted molar refractivity (Wildman–Crippen MR) is 112 cm³/mol. The van der Waals surface area contributed by atoms with Gasteiger partial charge in [0.05, 0.1) is 18.1 Å². The number of nitrogens with zero attached hydrogens (tertiary/aromatic N) is 3. The first kappa shape index (κ1) is 18.8. The third kappa shape index (κ3) is 3.70. The fourth-order valence-electron chi connectivity index (χ4n) is 5.50. The van der Waals surface area contributed by atoms with Crippen LogP contribution < -0.4 is 0 Å². The maximum Gasteiger partial charge on any atom is 0.227 e. The molecule has 3 heterocycles. The summed E-state index contributed by atoms with van der Waals surface area (Å²) in [5.74, 6) is 0.207. The molecule has 3 aliphatic rings. The van der Waals surface area contributed by atoms with Gasteiger partial charge >= 0.3 is 0 Å². The summed E-state index contributed by atoms with van der Waals surface area (Å²) in [6.07, 6.45) is 0.958. The molecule has 0 aromatic heterocycles. The van der Waals surface area contributed by atoms with Crippen LogP contribution in [0.3, 0.4) is 0 Å². The number of hydrogen-bond acceptors (Lipinski definition) is 4. The molecular formula is C24H29N3O2. The van der Waals surface area contributed by atoms with Crippen LogP contribution in [0, 0.1) is 0 Å². The molecule has 2 atom stereocenters. The molecule has 1 N–H and O–H groups in total. The molecule has 3 saturated heterocycles. The molecule has 0 radical (unpaired) electrons. The van der Waals surface area contributed by atoms with E-state index in [4.69, 9.17) is 0 Å². The number of carbonyl (C=O) groups is 1. The molecule has 2 aromatic rings. The second-order valence-electron chi connectivity index (χ2n) is 8.99. The quantitative estimate of drug-likeness (QED) is 0.863. The van der Waals surface area contributed by atoms with E-state index >= 15 is 0 Å². The van der Waals surface area contributed by atoms with Crippen molar-refractivity contribution >= 4 is 5.91 Å². The van der Waals surface area contributed by atoms with Crippen LogP contribution in [-0.4, -0.2) is 76.1 Å². The predicted octanol–water partition coefficient (Wildman–Crippen LogP) is 1.76. The molecule has 0 aliphatic carbocycles. The van der Waals surface area contributed by atoms with E-state index in [2.05, 4.69) is 45.0 Å². The second kappa shape index (κ2) is 7.56. The van der Waals surface area contributed by atoms with Crippen molar-refractivity contribution < 1.29 is 9.90 Å². The zero-order chi connectivity index (χ0) is 19.8. The summed E-state index contributed by atoms with van der Waals surface area (Å²) in [4.78, 5) is 20.1.